The lowest BCUT2D eigenvalue weighted by Gasteiger charge is -2.13. The average Bonchev–Trinajstić information content (AvgIpc) is 3.59. The second-order valence-corrected chi connectivity index (χ2v) is 12.8. The van der Waals surface area contributed by atoms with E-state index in [9.17, 15) is 0 Å². The molecule has 0 fully saturated rings. The van der Waals surface area contributed by atoms with Crippen molar-refractivity contribution >= 4 is 48.9 Å². The highest BCUT2D eigenvalue weighted by molar-refractivity contribution is 6.14. The number of hydrogen-bond donors (Lipinski definition) is 0. The highest BCUT2D eigenvalue weighted by atomic mass is 15.0. The van der Waals surface area contributed by atoms with Crippen LogP contribution in [-0.2, 0) is 0 Å². The first kappa shape index (κ1) is 27.6. The van der Waals surface area contributed by atoms with Crippen LogP contribution in [0.4, 0.5) is 0 Å². The summed E-state index contributed by atoms with van der Waals surface area (Å²) in [6, 6.07) is 65.7. The lowest BCUT2D eigenvalue weighted by molar-refractivity contribution is 1.27. The predicted molar refractivity (Wildman–Crippen MR) is 207 cm³/mol. The van der Waals surface area contributed by atoms with E-state index < -0.39 is 0 Å². The molecular weight excluding hydrogens is 593 g/mol. The minimum atomic E-state index is 0.974. The number of benzene rings is 8. The van der Waals surface area contributed by atoms with Crippen LogP contribution >= 0.6 is 0 Å². The van der Waals surface area contributed by atoms with Gasteiger partial charge in [0, 0.05) is 21.9 Å². The minimum absolute atomic E-state index is 0.974. The maximum absolute atomic E-state index is 5.36. The molecule has 0 aliphatic heterocycles. The zero-order valence-corrected chi connectivity index (χ0v) is 26.7. The molecule has 8 aromatic carbocycles. The second kappa shape index (κ2) is 11.0. The summed E-state index contributed by atoms with van der Waals surface area (Å²) in [6.07, 6.45) is 0. The van der Waals surface area contributed by atoms with Crippen LogP contribution in [0.5, 0.6) is 0 Å². The van der Waals surface area contributed by atoms with Crippen molar-refractivity contribution in [2.45, 2.75) is 0 Å². The maximum Gasteiger partial charge on any atom is 0.146 e. The standard InChI is InChI=1S/C47H30N2/c1-3-12-32(13-4-1)45-46(33-14-5-2-6-15-33)49-44-26-25-40(30-43(44)41-17-9-10-18-42(41)47(49)48-45)39-24-23-37-28-36(21-22-38(37)29-39)35-20-19-31-11-7-8-16-34(31)27-35/h1-30H. The zero-order valence-electron chi connectivity index (χ0n) is 26.7. The van der Waals surface area contributed by atoms with E-state index >= 15 is 0 Å². The quantitative estimate of drug-likeness (QED) is 0.179. The summed E-state index contributed by atoms with van der Waals surface area (Å²) in [6.45, 7) is 0. The summed E-state index contributed by atoms with van der Waals surface area (Å²) in [7, 11) is 0. The fourth-order valence-corrected chi connectivity index (χ4v) is 7.51. The Morgan fingerprint density at radius 2 is 0.816 bits per heavy atom. The van der Waals surface area contributed by atoms with Crippen molar-refractivity contribution in [3.8, 4) is 44.8 Å². The third kappa shape index (κ3) is 4.53. The molecule has 2 heterocycles. The summed E-state index contributed by atoms with van der Waals surface area (Å²) < 4.78 is 2.37. The Morgan fingerprint density at radius 3 is 1.49 bits per heavy atom. The summed E-state index contributed by atoms with van der Waals surface area (Å²) in [5.74, 6) is 0. The lowest BCUT2D eigenvalue weighted by atomic mass is 9.95. The first-order valence-electron chi connectivity index (χ1n) is 16.8. The Kier molecular flexibility index (Phi) is 6.22. The number of rotatable bonds is 4. The molecular formula is C47H30N2. The van der Waals surface area contributed by atoms with Gasteiger partial charge in [-0.15, -0.1) is 0 Å². The number of pyridine rings is 1. The average molecular weight is 623 g/mol. The molecule has 0 spiro atoms. The Morgan fingerprint density at radius 1 is 0.327 bits per heavy atom. The summed E-state index contributed by atoms with van der Waals surface area (Å²) in [5.41, 5.74) is 11.3. The minimum Gasteiger partial charge on any atom is -0.291 e. The zero-order chi connectivity index (χ0) is 32.3. The van der Waals surface area contributed by atoms with Gasteiger partial charge in [-0.2, -0.15) is 0 Å². The van der Waals surface area contributed by atoms with Crippen molar-refractivity contribution in [2.24, 2.45) is 0 Å². The Bertz CT molecular complexity index is 2860. The van der Waals surface area contributed by atoms with Crippen molar-refractivity contribution in [3.05, 3.63) is 182 Å². The van der Waals surface area contributed by atoms with Gasteiger partial charge in [-0.05, 0) is 79.5 Å². The molecule has 0 radical (unpaired) electrons. The number of imidazole rings is 1. The van der Waals surface area contributed by atoms with Gasteiger partial charge >= 0.3 is 0 Å². The highest BCUT2D eigenvalue weighted by Crippen LogP contribution is 2.40. The molecule has 228 valence electrons. The largest absolute Gasteiger partial charge is 0.291 e. The molecule has 2 nitrogen and oxygen atoms in total. The molecule has 0 aliphatic rings. The van der Waals surface area contributed by atoms with E-state index in [1.54, 1.807) is 0 Å². The molecule has 10 aromatic rings. The number of fused-ring (bicyclic) bond motifs is 8. The first-order valence-corrected chi connectivity index (χ1v) is 16.8. The lowest BCUT2D eigenvalue weighted by Crippen LogP contribution is -1.95. The molecule has 0 bridgehead atoms. The van der Waals surface area contributed by atoms with E-state index in [-0.39, 0.29) is 0 Å². The van der Waals surface area contributed by atoms with Gasteiger partial charge in [-0.3, -0.25) is 4.40 Å². The van der Waals surface area contributed by atoms with Gasteiger partial charge < -0.3 is 0 Å². The molecule has 2 heteroatoms. The molecule has 0 N–H and O–H groups in total. The smallest absolute Gasteiger partial charge is 0.146 e. The van der Waals surface area contributed by atoms with Crippen molar-refractivity contribution < 1.29 is 0 Å². The Hall–Kier alpha value is -6.51. The second-order valence-electron chi connectivity index (χ2n) is 12.8. The van der Waals surface area contributed by atoms with E-state index in [4.69, 9.17) is 4.98 Å². The molecule has 0 atom stereocenters. The molecule has 10 rings (SSSR count). The third-order valence-corrected chi connectivity index (χ3v) is 9.92. The van der Waals surface area contributed by atoms with Crippen LogP contribution in [0.15, 0.2) is 182 Å². The molecule has 49 heavy (non-hydrogen) atoms. The molecule has 0 unspecified atom stereocenters. The molecule has 2 aromatic heterocycles. The summed E-state index contributed by atoms with van der Waals surface area (Å²) >= 11 is 0. The van der Waals surface area contributed by atoms with Crippen LogP contribution in [0.3, 0.4) is 0 Å². The SMILES string of the molecule is c1ccc(-c2nc3c4ccccc4c4cc(-c5ccc6cc(-c7ccc8ccccc8c7)ccc6c5)ccc4n3c2-c2ccccc2)cc1. The Balaban J connectivity index is 1.15. The summed E-state index contributed by atoms with van der Waals surface area (Å²) in [5, 5.41) is 8.56. The van der Waals surface area contributed by atoms with Gasteiger partial charge in [-0.1, -0.05) is 152 Å². The van der Waals surface area contributed by atoms with Crippen molar-refractivity contribution in [2.75, 3.05) is 0 Å². The van der Waals surface area contributed by atoms with Crippen LogP contribution in [0.25, 0.3) is 93.6 Å². The van der Waals surface area contributed by atoms with Crippen molar-refractivity contribution in [3.63, 3.8) is 0 Å². The van der Waals surface area contributed by atoms with Crippen molar-refractivity contribution in [1.82, 2.24) is 9.38 Å². The van der Waals surface area contributed by atoms with Gasteiger partial charge in [0.2, 0.25) is 0 Å². The van der Waals surface area contributed by atoms with Crippen LogP contribution < -0.4 is 0 Å². The van der Waals surface area contributed by atoms with Gasteiger partial charge in [-0.25, -0.2) is 4.98 Å². The van der Waals surface area contributed by atoms with E-state index in [2.05, 4.69) is 186 Å². The van der Waals surface area contributed by atoms with Crippen LogP contribution in [-0.4, -0.2) is 9.38 Å². The van der Waals surface area contributed by atoms with E-state index in [1.807, 2.05) is 0 Å². The molecule has 0 saturated heterocycles. The fraction of sp³-hybridized carbons (Fsp3) is 0. The van der Waals surface area contributed by atoms with Gasteiger partial charge in [0.25, 0.3) is 0 Å². The highest BCUT2D eigenvalue weighted by Gasteiger charge is 2.21. The monoisotopic (exact) mass is 622 g/mol. The summed E-state index contributed by atoms with van der Waals surface area (Å²) in [4.78, 5) is 5.36. The van der Waals surface area contributed by atoms with Gasteiger partial charge in [0.1, 0.15) is 5.65 Å². The first-order chi connectivity index (χ1) is 24.3. The normalized spacial score (nSPS) is 11.7. The third-order valence-electron chi connectivity index (χ3n) is 9.92. The Labute approximate surface area is 284 Å². The van der Waals surface area contributed by atoms with Crippen LogP contribution in [0.2, 0.25) is 0 Å². The molecule has 0 aliphatic carbocycles. The van der Waals surface area contributed by atoms with Crippen molar-refractivity contribution in [1.29, 1.82) is 0 Å². The fourth-order valence-electron chi connectivity index (χ4n) is 7.51. The van der Waals surface area contributed by atoms with Crippen LogP contribution in [0, 0.1) is 0 Å². The topological polar surface area (TPSA) is 17.3 Å². The van der Waals surface area contributed by atoms with E-state index in [0.717, 1.165) is 39.1 Å². The van der Waals surface area contributed by atoms with Crippen LogP contribution in [0.1, 0.15) is 0 Å². The van der Waals surface area contributed by atoms with E-state index in [0.29, 0.717) is 0 Å². The van der Waals surface area contributed by atoms with Gasteiger partial charge in [0.05, 0.1) is 16.9 Å². The molecule has 0 amide bonds. The number of aromatic nitrogens is 2. The number of nitrogens with zero attached hydrogens (tertiary/aromatic N) is 2. The predicted octanol–water partition coefficient (Wildman–Crippen LogP) is 12.6. The van der Waals surface area contributed by atoms with Gasteiger partial charge in [0.15, 0.2) is 0 Å². The van der Waals surface area contributed by atoms with E-state index in [1.165, 1.54) is 54.6 Å². The number of hydrogen-bond acceptors (Lipinski definition) is 1. The maximum atomic E-state index is 5.36. The molecule has 0 saturated carbocycles.